The highest BCUT2D eigenvalue weighted by atomic mass is 19.1. The van der Waals surface area contributed by atoms with Gasteiger partial charge in [-0.1, -0.05) is 209 Å². The molecule has 0 fully saturated rings. The summed E-state index contributed by atoms with van der Waals surface area (Å²) in [6.45, 7) is 6.63. The molecule has 0 radical (unpaired) electrons. The lowest BCUT2D eigenvalue weighted by molar-refractivity contribution is 0.590. The van der Waals surface area contributed by atoms with Crippen LogP contribution in [0.5, 0.6) is 0 Å². The number of benzene rings is 12. The fraction of sp³-hybridized carbons (Fsp3) is 0.0649. The van der Waals surface area contributed by atoms with E-state index in [2.05, 4.69) is 129 Å². The maximum atomic E-state index is 18.0. The molecule has 2 aliphatic carbocycles. The van der Waals surface area contributed by atoms with Gasteiger partial charge in [-0.25, -0.2) is 8.78 Å². The summed E-state index contributed by atoms with van der Waals surface area (Å²) < 4.78 is 50.4. The van der Waals surface area contributed by atoms with Crippen molar-refractivity contribution in [3.63, 3.8) is 0 Å². The highest BCUT2D eigenvalue weighted by Gasteiger charge is 2.54. The minimum atomic E-state index is -1.02. The molecule has 0 amide bonds. The van der Waals surface area contributed by atoms with Gasteiger partial charge in [0.2, 0.25) is 0 Å². The first-order chi connectivity index (χ1) is 40.6. The molecule has 396 valence electrons. The molecule has 0 saturated carbocycles. The summed E-state index contributed by atoms with van der Waals surface area (Å²) in [5, 5.41) is 3.51. The minimum absolute atomic E-state index is 0.135. The molecule has 0 unspecified atom stereocenters. The van der Waals surface area contributed by atoms with Crippen LogP contribution < -0.4 is 9.80 Å². The molecule has 83 heavy (non-hydrogen) atoms. The van der Waals surface area contributed by atoms with Crippen LogP contribution in [0.25, 0.3) is 88.4 Å². The van der Waals surface area contributed by atoms with Gasteiger partial charge in [0.05, 0.1) is 33.6 Å². The van der Waals surface area contributed by atoms with Gasteiger partial charge in [0.1, 0.15) is 28.4 Å². The molecule has 4 nitrogen and oxygen atoms in total. The topological polar surface area (TPSA) is 32.8 Å². The van der Waals surface area contributed by atoms with E-state index >= 15 is 8.78 Å². The Balaban J connectivity index is 1.07. The molecule has 0 N–H and O–H groups in total. The Morgan fingerprint density at radius 3 is 1.35 bits per heavy atom. The zero-order chi connectivity index (χ0) is 55.7. The van der Waals surface area contributed by atoms with Crippen LogP contribution in [0, 0.1) is 11.6 Å². The number of fused-ring (bicyclic) bond motifs is 18. The Morgan fingerprint density at radius 1 is 0.349 bits per heavy atom. The van der Waals surface area contributed by atoms with E-state index in [4.69, 9.17) is 8.83 Å². The van der Waals surface area contributed by atoms with Gasteiger partial charge in [0.15, 0.2) is 5.58 Å². The number of furan rings is 2. The Morgan fingerprint density at radius 2 is 0.795 bits per heavy atom. The van der Waals surface area contributed by atoms with Crippen LogP contribution >= 0.6 is 0 Å². The maximum absolute atomic E-state index is 18.0. The molecular formula is C77H52F2N2O2. The van der Waals surface area contributed by atoms with Gasteiger partial charge in [-0.15, -0.1) is 0 Å². The maximum Gasteiger partial charge on any atom is 0.160 e. The molecule has 0 atom stereocenters. The monoisotopic (exact) mass is 1070 g/mol. The lowest BCUT2D eigenvalue weighted by atomic mass is 9.70. The van der Waals surface area contributed by atoms with E-state index < -0.39 is 5.41 Å². The number of hydrogen-bond acceptors (Lipinski definition) is 4. The predicted octanol–water partition coefficient (Wildman–Crippen LogP) is 21.7. The molecule has 16 rings (SSSR count). The smallest absolute Gasteiger partial charge is 0.160 e. The average Bonchev–Trinajstić information content (AvgIpc) is 1.54. The summed E-state index contributed by atoms with van der Waals surface area (Å²) in [5.74, 6) is -0.758. The lowest BCUT2D eigenvalue weighted by Crippen LogP contribution is -2.27. The summed E-state index contributed by atoms with van der Waals surface area (Å²) in [5.41, 5.74) is 18.0. The Bertz CT molecular complexity index is 4880. The number of anilines is 6. The third-order valence-electron chi connectivity index (χ3n) is 17.3. The number of para-hydroxylation sites is 3. The average molecular weight is 1080 g/mol. The third kappa shape index (κ3) is 7.22. The summed E-state index contributed by atoms with van der Waals surface area (Å²) >= 11 is 0. The van der Waals surface area contributed by atoms with Crippen LogP contribution in [-0.2, 0) is 10.8 Å². The summed E-state index contributed by atoms with van der Waals surface area (Å²) in [4.78, 5) is 4.11. The highest BCUT2D eigenvalue weighted by molar-refractivity contribution is 6.26. The number of nitrogens with zero attached hydrogens (tertiary/aromatic N) is 2. The largest absolute Gasteiger partial charge is 0.455 e. The van der Waals surface area contributed by atoms with Gasteiger partial charge in [0, 0.05) is 38.7 Å². The van der Waals surface area contributed by atoms with Crippen molar-refractivity contribution in [1.29, 1.82) is 0 Å². The van der Waals surface area contributed by atoms with E-state index in [1.807, 2.05) is 150 Å². The van der Waals surface area contributed by atoms with Gasteiger partial charge in [-0.2, -0.15) is 0 Å². The molecule has 14 aromatic rings. The minimum Gasteiger partial charge on any atom is -0.455 e. The molecule has 0 aliphatic heterocycles. The molecule has 2 aliphatic rings. The van der Waals surface area contributed by atoms with E-state index in [-0.39, 0.29) is 17.0 Å². The van der Waals surface area contributed by atoms with Gasteiger partial charge >= 0.3 is 0 Å². The second kappa shape index (κ2) is 18.4. The van der Waals surface area contributed by atoms with E-state index in [0.29, 0.717) is 39.4 Å². The van der Waals surface area contributed by atoms with Crippen LogP contribution in [0.1, 0.15) is 48.6 Å². The third-order valence-corrected chi connectivity index (χ3v) is 17.3. The Hall–Kier alpha value is -10.3. The van der Waals surface area contributed by atoms with Crippen molar-refractivity contribution >= 4 is 78.0 Å². The second-order valence-electron chi connectivity index (χ2n) is 23.0. The quantitative estimate of drug-likeness (QED) is 0.152. The number of rotatable bonds is 8. The first kappa shape index (κ1) is 48.6. The molecule has 1 spiro atoms. The van der Waals surface area contributed by atoms with Crippen molar-refractivity contribution in [3.8, 4) is 44.5 Å². The second-order valence-corrected chi connectivity index (χ2v) is 23.0. The molecule has 6 heteroatoms. The number of halogens is 2. The van der Waals surface area contributed by atoms with Crippen LogP contribution in [0.15, 0.2) is 270 Å². The first-order valence-electron chi connectivity index (χ1n) is 28.3. The highest BCUT2D eigenvalue weighted by Crippen LogP contribution is 2.68. The number of hydrogen-bond donors (Lipinski definition) is 0. The van der Waals surface area contributed by atoms with Crippen LogP contribution in [0.2, 0.25) is 0 Å². The zero-order valence-corrected chi connectivity index (χ0v) is 45.8. The summed E-state index contributed by atoms with van der Waals surface area (Å²) in [6.07, 6.45) is 0. The van der Waals surface area contributed by atoms with Crippen LogP contribution in [0.4, 0.5) is 42.9 Å². The Labute approximate surface area is 479 Å². The predicted molar refractivity (Wildman–Crippen MR) is 336 cm³/mol. The molecule has 0 bridgehead atoms. The van der Waals surface area contributed by atoms with E-state index in [9.17, 15) is 0 Å². The SMILES string of the molecule is CC(C)(C)c1ccc(N(c2ccc(-c3ccccc3)cc2F)c2cc3c(c4oc5ccccc5c24)-c2c(cc(N(c4ccccc4)c4ccc(-c5ccccc5)cc4F)c4oc5ccccc5c24)C32c3ccccc3-c3ccccc32)cc1. The summed E-state index contributed by atoms with van der Waals surface area (Å²) in [6, 6.07) is 87.9. The van der Waals surface area contributed by atoms with Gasteiger partial charge in [-0.05, 0) is 139 Å². The zero-order valence-electron chi connectivity index (χ0n) is 45.8. The fourth-order valence-electron chi connectivity index (χ4n) is 13.7. The van der Waals surface area contributed by atoms with Crippen molar-refractivity contribution in [2.75, 3.05) is 9.80 Å². The van der Waals surface area contributed by atoms with Crippen molar-refractivity contribution in [3.05, 3.63) is 300 Å². The Kier molecular flexibility index (Phi) is 10.8. The molecule has 12 aromatic carbocycles. The van der Waals surface area contributed by atoms with Crippen LogP contribution in [-0.4, -0.2) is 0 Å². The van der Waals surface area contributed by atoms with Crippen molar-refractivity contribution in [1.82, 2.24) is 0 Å². The van der Waals surface area contributed by atoms with Gasteiger partial charge in [0.25, 0.3) is 0 Å². The van der Waals surface area contributed by atoms with Gasteiger partial charge in [-0.3, -0.25) is 0 Å². The molecule has 0 saturated heterocycles. The van der Waals surface area contributed by atoms with E-state index in [0.717, 1.165) is 111 Å². The lowest BCUT2D eigenvalue weighted by Gasteiger charge is -2.33. The normalized spacial score (nSPS) is 13.0. The van der Waals surface area contributed by atoms with E-state index in [1.165, 1.54) is 0 Å². The van der Waals surface area contributed by atoms with Gasteiger partial charge < -0.3 is 18.6 Å². The van der Waals surface area contributed by atoms with E-state index in [1.54, 1.807) is 12.1 Å². The molecule has 2 heterocycles. The van der Waals surface area contributed by atoms with Crippen molar-refractivity contribution < 1.29 is 17.6 Å². The standard InChI is InChI=1S/C77H52F2N2O2/c1-76(2,3)51-37-39-53(40-38-51)80(64-41-35-49(43-62(64)78)47-21-7-4-8-22-47)66-45-61-73(75-70(66)56-29-15-19-33-68(56)83-75)72-60(77(61)58-31-17-13-27-54(58)55-28-14-18-32-59(55)77)46-67(74-71(72)57-30-16-20-34-69(57)82-74)81(52-25-11-6-12-26-52)65-42-36-50(44-63(65)79)48-23-9-5-10-24-48/h4-46H,1-3H3. The van der Waals surface area contributed by atoms with Crippen molar-refractivity contribution in [2.45, 2.75) is 31.6 Å². The first-order valence-corrected chi connectivity index (χ1v) is 28.3. The van der Waals surface area contributed by atoms with Crippen molar-refractivity contribution in [2.24, 2.45) is 0 Å². The fourth-order valence-corrected chi connectivity index (χ4v) is 13.7. The molecular weight excluding hydrogens is 1020 g/mol. The molecule has 2 aromatic heterocycles. The summed E-state index contributed by atoms with van der Waals surface area (Å²) in [7, 11) is 0. The van der Waals surface area contributed by atoms with Crippen LogP contribution in [0.3, 0.4) is 0 Å².